The summed E-state index contributed by atoms with van der Waals surface area (Å²) in [5.74, 6) is 1.58. The summed E-state index contributed by atoms with van der Waals surface area (Å²) in [6, 6.07) is 11.2. The van der Waals surface area contributed by atoms with Crippen LogP contribution in [0.2, 0.25) is 0 Å². The van der Waals surface area contributed by atoms with E-state index in [1.54, 1.807) is 6.07 Å². The minimum atomic E-state index is -0.279. The van der Waals surface area contributed by atoms with Crippen molar-refractivity contribution in [2.75, 3.05) is 13.1 Å². The van der Waals surface area contributed by atoms with Gasteiger partial charge in [-0.1, -0.05) is 32.0 Å². The second kappa shape index (κ2) is 9.26. The molecule has 0 saturated carbocycles. The first-order valence-corrected chi connectivity index (χ1v) is 11.6. The Bertz CT molecular complexity index is 1350. The number of para-hydroxylation sites is 1. The zero-order valence-corrected chi connectivity index (χ0v) is 19.3. The van der Waals surface area contributed by atoms with Crippen LogP contribution < -0.4 is 10.9 Å². The van der Waals surface area contributed by atoms with Crippen molar-refractivity contribution in [3.8, 4) is 0 Å². The number of pyridine rings is 1. The molecule has 9 nitrogen and oxygen atoms in total. The van der Waals surface area contributed by atoms with Gasteiger partial charge in [0, 0.05) is 43.7 Å². The third-order valence-electron chi connectivity index (χ3n) is 6.39. The second-order valence-electron chi connectivity index (χ2n) is 9.07. The SMILES string of the molecule is CC(C)C(NC(=O)c1ccoc1)c1nnc2n1CCN(Cc1cc3ccccc3[nH]c1=O)CC2. The summed E-state index contributed by atoms with van der Waals surface area (Å²) in [5, 5.41) is 13.0. The molecule has 1 unspecified atom stereocenters. The van der Waals surface area contributed by atoms with Gasteiger partial charge in [0.05, 0.1) is 17.9 Å². The van der Waals surface area contributed by atoms with Crippen LogP contribution >= 0.6 is 0 Å². The van der Waals surface area contributed by atoms with Gasteiger partial charge >= 0.3 is 0 Å². The van der Waals surface area contributed by atoms with Crippen LogP contribution in [0.15, 0.2) is 58.1 Å². The summed E-state index contributed by atoms with van der Waals surface area (Å²) in [6.45, 7) is 6.89. The molecule has 1 aliphatic rings. The lowest BCUT2D eigenvalue weighted by molar-refractivity contribution is 0.0921. The summed E-state index contributed by atoms with van der Waals surface area (Å²) >= 11 is 0. The normalized spacial score (nSPS) is 15.3. The smallest absolute Gasteiger partial charge is 0.255 e. The fourth-order valence-corrected chi connectivity index (χ4v) is 4.48. The summed E-state index contributed by atoms with van der Waals surface area (Å²) in [6.07, 6.45) is 3.64. The van der Waals surface area contributed by atoms with E-state index < -0.39 is 0 Å². The number of carbonyl (C=O) groups excluding carboxylic acids is 1. The number of nitrogens with zero attached hydrogens (tertiary/aromatic N) is 4. The van der Waals surface area contributed by atoms with Crippen LogP contribution in [0.3, 0.4) is 0 Å². The largest absolute Gasteiger partial charge is 0.472 e. The Labute approximate surface area is 196 Å². The average molecular weight is 461 g/mol. The van der Waals surface area contributed by atoms with Gasteiger partial charge in [-0.05, 0) is 29.5 Å². The van der Waals surface area contributed by atoms with Crippen LogP contribution in [0.5, 0.6) is 0 Å². The second-order valence-corrected chi connectivity index (χ2v) is 9.07. The van der Waals surface area contributed by atoms with E-state index in [1.165, 1.54) is 12.5 Å². The molecule has 0 radical (unpaired) electrons. The van der Waals surface area contributed by atoms with Crippen molar-refractivity contribution in [3.05, 3.63) is 82.1 Å². The van der Waals surface area contributed by atoms with Crippen molar-refractivity contribution in [2.24, 2.45) is 5.92 Å². The van der Waals surface area contributed by atoms with Gasteiger partial charge in [-0.3, -0.25) is 14.5 Å². The lowest BCUT2D eigenvalue weighted by atomic mass is 10.0. The Morgan fingerprint density at radius 2 is 2.03 bits per heavy atom. The van der Waals surface area contributed by atoms with Crippen LogP contribution in [0.1, 0.15) is 47.5 Å². The van der Waals surface area contributed by atoms with Crippen molar-refractivity contribution in [1.29, 1.82) is 0 Å². The Morgan fingerprint density at radius 3 is 2.82 bits per heavy atom. The highest BCUT2D eigenvalue weighted by Crippen LogP contribution is 2.23. The molecular weight excluding hydrogens is 432 g/mol. The number of aromatic amines is 1. The molecule has 4 heterocycles. The summed E-state index contributed by atoms with van der Waals surface area (Å²) in [5.41, 5.74) is 2.03. The zero-order chi connectivity index (χ0) is 23.7. The highest BCUT2D eigenvalue weighted by molar-refractivity contribution is 5.94. The summed E-state index contributed by atoms with van der Waals surface area (Å²) in [7, 11) is 0. The monoisotopic (exact) mass is 460 g/mol. The van der Waals surface area contributed by atoms with Gasteiger partial charge in [-0.25, -0.2) is 0 Å². The van der Waals surface area contributed by atoms with Crippen molar-refractivity contribution in [3.63, 3.8) is 0 Å². The van der Waals surface area contributed by atoms with Gasteiger partial charge in [0.15, 0.2) is 5.82 Å². The highest BCUT2D eigenvalue weighted by atomic mass is 16.3. The molecule has 34 heavy (non-hydrogen) atoms. The first-order chi connectivity index (χ1) is 16.5. The molecule has 5 rings (SSSR count). The van der Waals surface area contributed by atoms with Crippen LogP contribution in [0.4, 0.5) is 0 Å². The maximum Gasteiger partial charge on any atom is 0.255 e. The molecule has 0 saturated heterocycles. The molecule has 2 N–H and O–H groups in total. The predicted molar refractivity (Wildman–Crippen MR) is 127 cm³/mol. The fourth-order valence-electron chi connectivity index (χ4n) is 4.48. The molecule has 176 valence electrons. The van der Waals surface area contributed by atoms with E-state index >= 15 is 0 Å². The highest BCUT2D eigenvalue weighted by Gasteiger charge is 2.28. The van der Waals surface area contributed by atoms with E-state index in [0.29, 0.717) is 18.7 Å². The molecule has 3 aromatic heterocycles. The molecule has 0 fully saturated rings. The first kappa shape index (κ1) is 22.1. The molecule has 0 spiro atoms. The molecule has 0 aliphatic carbocycles. The van der Waals surface area contributed by atoms with Crippen LogP contribution in [-0.4, -0.2) is 43.6 Å². The number of hydrogen-bond donors (Lipinski definition) is 2. The maximum atomic E-state index is 12.7. The minimum absolute atomic E-state index is 0.0510. The van der Waals surface area contributed by atoms with E-state index in [2.05, 4.69) is 43.8 Å². The number of amides is 1. The lowest BCUT2D eigenvalue weighted by Gasteiger charge is -2.23. The quantitative estimate of drug-likeness (QED) is 0.458. The maximum absolute atomic E-state index is 12.7. The number of furan rings is 1. The first-order valence-electron chi connectivity index (χ1n) is 11.6. The molecular formula is C25H28N6O3. The zero-order valence-electron chi connectivity index (χ0n) is 19.3. The fraction of sp³-hybridized carbons (Fsp3) is 0.360. The average Bonchev–Trinajstić information content (AvgIpc) is 3.46. The van der Waals surface area contributed by atoms with Gasteiger partial charge in [-0.15, -0.1) is 10.2 Å². The number of hydrogen-bond acceptors (Lipinski definition) is 6. The van der Waals surface area contributed by atoms with Gasteiger partial charge in [0.25, 0.3) is 11.5 Å². The van der Waals surface area contributed by atoms with Gasteiger partial charge in [0.2, 0.25) is 0 Å². The molecule has 0 bridgehead atoms. The number of aromatic nitrogens is 4. The minimum Gasteiger partial charge on any atom is -0.472 e. The van der Waals surface area contributed by atoms with Gasteiger partial charge in [0.1, 0.15) is 12.1 Å². The molecule has 1 aliphatic heterocycles. The molecule has 4 aromatic rings. The predicted octanol–water partition coefficient (Wildman–Crippen LogP) is 2.90. The number of carbonyl (C=O) groups is 1. The van der Waals surface area contributed by atoms with Gasteiger partial charge in [-0.2, -0.15) is 0 Å². The van der Waals surface area contributed by atoms with E-state index in [4.69, 9.17) is 4.42 Å². The number of H-pyrrole nitrogens is 1. The van der Waals surface area contributed by atoms with Crippen molar-refractivity contribution >= 4 is 16.8 Å². The number of benzene rings is 1. The summed E-state index contributed by atoms with van der Waals surface area (Å²) in [4.78, 5) is 30.5. The Kier molecular flexibility index (Phi) is 6.02. The Hall–Kier alpha value is -3.72. The molecule has 1 amide bonds. The van der Waals surface area contributed by atoms with Crippen molar-refractivity contribution in [1.82, 2.24) is 30.0 Å². The van der Waals surface area contributed by atoms with Gasteiger partial charge < -0.3 is 19.3 Å². The molecule has 1 aromatic carbocycles. The topological polar surface area (TPSA) is 109 Å². The number of fused-ring (bicyclic) bond motifs is 2. The third-order valence-corrected chi connectivity index (χ3v) is 6.39. The number of rotatable bonds is 6. The number of nitrogens with one attached hydrogen (secondary N) is 2. The molecule has 9 heteroatoms. The Morgan fingerprint density at radius 1 is 1.18 bits per heavy atom. The third kappa shape index (κ3) is 4.38. The van der Waals surface area contributed by atoms with Crippen LogP contribution in [0.25, 0.3) is 10.9 Å². The van der Waals surface area contributed by atoms with Crippen LogP contribution in [-0.2, 0) is 19.5 Å². The Balaban J connectivity index is 1.33. The molecule has 1 atom stereocenters. The van der Waals surface area contributed by atoms with E-state index in [1.807, 2.05) is 30.3 Å². The van der Waals surface area contributed by atoms with Crippen LogP contribution in [0, 0.1) is 5.92 Å². The van der Waals surface area contributed by atoms with Crippen molar-refractivity contribution < 1.29 is 9.21 Å². The van der Waals surface area contributed by atoms with E-state index in [0.717, 1.165) is 47.6 Å². The van der Waals surface area contributed by atoms with E-state index in [-0.39, 0.29) is 23.4 Å². The lowest BCUT2D eigenvalue weighted by Crippen LogP contribution is -2.34. The summed E-state index contributed by atoms with van der Waals surface area (Å²) < 4.78 is 7.16. The van der Waals surface area contributed by atoms with E-state index in [9.17, 15) is 9.59 Å². The van der Waals surface area contributed by atoms with Crippen molar-refractivity contribution in [2.45, 2.75) is 39.4 Å². The standard InChI is InChI=1S/C25H28N6O3/c1-16(2)22(27-24(32)18-8-12-34-15-18)23-29-28-21-7-9-30(10-11-31(21)23)14-19-13-17-5-3-4-6-20(17)26-25(19)33/h3-6,8,12-13,15-16,22H,7,9-11,14H2,1-2H3,(H,26,33)(H,27,32).